The van der Waals surface area contributed by atoms with Crippen LogP contribution in [0.1, 0.15) is 47.2 Å². The molecule has 0 fully saturated rings. The normalized spacial score (nSPS) is 14.3. The summed E-state index contributed by atoms with van der Waals surface area (Å²) in [6, 6.07) is 71.3. The molecule has 2 nitrogen and oxygen atoms in total. The Balaban J connectivity index is 1.12. The quantitative estimate of drug-likeness (QED) is 0.169. The zero-order valence-electron chi connectivity index (χ0n) is 32.4. The van der Waals surface area contributed by atoms with Gasteiger partial charge in [-0.2, -0.15) is 0 Å². The fourth-order valence-corrected chi connectivity index (χ4v) is 10.5. The lowest BCUT2D eigenvalue weighted by molar-refractivity contribution is 0.563. The molecule has 2 heteroatoms. The minimum absolute atomic E-state index is 0.155. The van der Waals surface area contributed by atoms with E-state index < -0.39 is 5.41 Å². The number of hydrogen-bond donors (Lipinski definition) is 0. The van der Waals surface area contributed by atoms with Crippen LogP contribution in [0.3, 0.4) is 0 Å². The molecule has 9 aromatic carbocycles. The summed E-state index contributed by atoms with van der Waals surface area (Å²) in [5, 5.41) is 7.52. The number of rotatable bonds is 3. The highest BCUT2D eigenvalue weighted by molar-refractivity contribution is 6.25. The molecule has 1 heterocycles. The largest absolute Gasteiger partial charge is 0.228 e. The Kier molecular flexibility index (Phi) is 6.93. The molecule has 0 saturated heterocycles. The van der Waals surface area contributed by atoms with Crippen LogP contribution in [0, 0.1) is 0 Å². The van der Waals surface area contributed by atoms with Crippen LogP contribution in [0.5, 0.6) is 0 Å². The molecule has 10 aromatic rings. The third-order valence-corrected chi connectivity index (χ3v) is 13.1. The van der Waals surface area contributed by atoms with Crippen LogP contribution >= 0.6 is 0 Å². The molecule has 0 aliphatic heterocycles. The van der Waals surface area contributed by atoms with Gasteiger partial charge in [-0.05, 0) is 95.0 Å². The summed E-state index contributed by atoms with van der Waals surface area (Å²) >= 11 is 0. The predicted molar refractivity (Wildman–Crippen MR) is 240 cm³/mol. The summed E-state index contributed by atoms with van der Waals surface area (Å²) in [7, 11) is 0. The SMILES string of the molecule is CC1(C)c2ccccc2C2(c3ccccc3-c3ccc(-c4cc(-c5ccc6c7ccccc7c7ccccc7c6c5)nc(-c5ccccc5)n4)cc32)c2ccccc21. The van der Waals surface area contributed by atoms with Gasteiger partial charge in [0.25, 0.3) is 0 Å². The van der Waals surface area contributed by atoms with E-state index in [4.69, 9.17) is 9.97 Å². The van der Waals surface area contributed by atoms with E-state index in [2.05, 4.69) is 202 Å². The first-order valence-electron chi connectivity index (χ1n) is 20.2. The van der Waals surface area contributed by atoms with Gasteiger partial charge in [0, 0.05) is 22.1 Å². The minimum atomic E-state index is -0.481. The third-order valence-electron chi connectivity index (χ3n) is 13.1. The average molecular weight is 739 g/mol. The van der Waals surface area contributed by atoms with Crippen molar-refractivity contribution >= 4 is 32.3 Å². The highest BCUT2D eigenvalue weighted by Gasteiger charge is 2.53. The van der Waals surface area contributed by atoms with E-state index in [1.807, 2.05) is 6.07 Å². The highest BCUT2D eigenvalue weighted by atomic mass is 14.9. The average Bonchev–Trinajstić information content (AvgIpc) is 3.58. The van der Waals surface area contributed by atoms with E-state index in [9.17, 15) is 0 Å². The van der Waals surface area contributed by atoms with E-state index in [0.717, 1.165) is 28.1 Å². The molecule has 0 atom stereocenters. The fraction of sp³-hybridized carbons (Fsp3) is 0.0714. The van der Waals surface area contributed by atoms with Crippen molar-refractivity contribution in [3.63, 3.8) is 0 Å². The van der Waals surface area contributed by atoms with Crippen molar-refractivity contribution < 1.29 is 0 Å². The van der Waals surface area contributed by atoms with Crippen molar-refractivity contribution in [3.05, 3.63) is 228 Å². The van der Waals surface area contributed by atoms with Crippen molar-refractivity contribution in [3.8, 4) is 45.0 Å². The zero-order chi connectivity index (χ0) is 38.6. The zero-order valence-corrected chi connectivity index (χ0v) is 32.4. The lowest BCUT2D eigenvalue weighted by Crippen LogP contribution is -2.40. The molecule has 1 aromatic heterocycles. The first kappa shape index (κ1) is 33.0. The van der Waals surface area contributed by atoms with Crippen LogP contribution in [0.2, 0.25) is 0 Å². The van der Waals surface area contributed by atoms with Gasteiger partial charge in [-0.3, -0.25) is 0 Å². The lowest BCUT2D eigenvalue weighted by atomic mass is 9.55. The molecule has 58 heavy (non-hydrogen) atoms. The van der Waals surface area contributed by atoms with Crippen LogP contribution in [0.25, 0.3) is 77.3 Å². The summed E-state index contributed by atoms with van der Waals surface area (Å²) in [4.78, 5) is 10.7. The summed E-state index contributed by atoms with van der Waals surface area (Å²) < 4.78 is 0. The first-order chi connectivity index (χ1) is 28.5. The van der Waals surface area contributed by atoms with E-state index in [-0.39, 0.29) is 5.41 Å². The second kappa shape index (κ2) is 12.2. The smallest absolute Gasteiger partial charge is 0.160 e. The molecule has 0 radical (unpaired) electrons. The Hall–Kier alpha value is -7.16. The second-order valence-electron chi connectivity index (χ2n) is 16.5. The maximum absolute atomic E-state index is 5.36. The van der Waals surface area contributed by atoms with Crippen molar-refractivity contribution in [2.75, 3.05) is 0 Å². The van der Waals surface area contributed by atoms with E-state index >= 15 is 0 Å². The minimum Gasteiger partial charge on any atom is -0.228 e. The molecule has 0 N–H and O–H groups in total. The number of fused-ring (bicyclic) bond motifs is 15. The Morgan fingerprint density at radius 1 is 0.310 bits per heavy atom. The number of hydrogen-bond acceptors (Lipinski definition) is 2. The molecule has 272 valence electrons. The van der Waals surface area contributed by atoms with Crippen molar-refractivity contribution in [1.82, 2.24) is 9.97 Å². The molecule has 0 amide bonds. The van der Waals surface area contributed by atoms with E-state index in [0.29, 0.717) is 5.82 Å². The molecule has 2 aliphatic carbocycles. The van der Waals surface area contributed by atoms with E-state index in [1.54, 1.807) is 0 Å². The fourth-order valence-electron chi connectivity index (χ4n) is 10.5. The maximum atomic E-state index is 5.36. The topological polar surface area (TPSA) is 25.8 Å². The molecular formula is C56H38N2. The van der Waals surface area contributed by atoms with Gasteiger partial charge in [-0.25, -0.2) is 9.97 Å². The van der Waals surface area contributed by atoms with Gasteiger partial charge in [-0.15, -0.1) is 0 Å². The molecule has 1 spiro atoms. The predicted octanol–water partition coefficient (Wildman–Crippen LogP) is 13.9. The van der Waals surface area contributed by atoms with E-state index in [1.165, 1.54) is 76.8 Å². The van der Waals surface area contributed by atoms with Crippen LogP contribution in [0.15, 0.2) is 194 Å². The molecular weight excluding hydrogens is 701 g/mol. The summed E-state index contributed by atoms with van der Waals surface area (Å²) in [5.74, 6) is 0.713. The summed E-state index contributed by atoms with van der Waals surface area (Å²) in [6.07, 6.45) is 0. The molecule has 12 rings (SSSR count). The molecule has 0 unspecified atom stereocenters. The number of benzene rings is 9. The highest BCUT2D eigenvalue weighted by Crippen LogP contribution is 2.62. The van der Waals surface area contributed by atoms with Gasteiger partial charge in [0.2, 0.25) is 0 Å². The first-order valence-corrected chi connectivity index (χ1v) is 20.2. The molecule has 2 aliphatic rings. The Morgan fingerprint density at radius 3 is 1.38 bits per heavy atom. The van der Waals surface area contributed by atoms with Crippen molar-refractivity contribution in [1.29, 1.82) is 0 Å². The molecule has 0 saturated carbocycles. The second-order valence-corrected chi connectivity index (χ2v) is 16.5. The van der Waals surface area contributed by atoms with Crippen molar-refractivity contribution in [2.45, 2.75) is 24.7 Å². The lowest BCUT2D eigenvalue weighted by Gasteiger charge is -2.46. The summed E-state index contributed by atoms with van der Waals surface area (Å²) in [5.41, 5.74) is 14.9. The maximum Gasteiger partial charge on any atom is 0.160 e. The van der Waals surface area contributed by atoms with Crippen molar-refractivity contribution in [2.24, 2.45) is 0 Å². The van der Waals surface area contributed by atoms with Gasteiger partial charge in [0.15, 0.2) is 5.82 Å². The van der Waals surface area contributed by atoms with Gasteiger partial charge >= 0.3 is 0 Å². The monoisotopic (exact) mass is 738 g/mol. The van der Waals surface area contributed by atoms with Gasteiger partial charge in [-0.1, -0.05) is 190 Å². The number of aromatic nitrogens is 2. The van der Waals surface area contributed by atoms with Gasteiger partial charge < -0.3 is 0 Å². The Bertz CT molecular complexity index is 3230. The third kappa shape index (κ3) is 4.49. The Labute approximate surface area is 338 Å². The molecule has 0 bridgehead atoms. The van der Waals surface area contributed by atoms with Gasteiger partial charge in [0.1, 0.15) is 0 Å². The van der Waals surface area contributed by atoms with Crippen LogP contribution in [0.4, 0.5) is 0 Å². The van der Waals surface area contributed by atoms with Crippen LogP contribution in [-0.4, -0.2) is 9.97 Å². The van der Waals surface area contributed by atoms with Gasteiger partial charge in [0.05, 0.1) is 16.8 Å². The van der Waals surface area contributed by atoms with Crippen LogP contribution in [-0.2, 0) is 10.8 Å². The standard InChI is InChI=1S/C56H38N2/c1-55(2)47-24-12-14-26-49(47)56(50-27-15-13-25-48(50)55)46-23-11-10-22-43(46)44-31-29-37(33-51(44)56)53-34-52(57-54(58-53)35-16-4-3-5-17-35)36-28-30-42-40-20-7-6-18-38(40)39-19-8-9-21-41(39)45(42)32-36/h3-34H,1-2H3. The van der Waals surface area contributed by atoms with Crippen LogP contribution < -0.4 is 0 Å². The summed E-state index contributed by atoms with van der Waals surface area (Å²) in [6.45, 7) is 4.75. The Morgan fingerprint density at radius 2 is 0.759 bits per heavy atom. The number of nitrogens with zero attached hydrogens (tertiary/aromatic N) is 2.